The van der Waals surface area contributed by atoms with Crippen LogP contribution < -0.4 is 10.1 Å². The largest absolute Gasteiger partial charge is 0.481 e. The summed E-state index contributed by atoms with van der Waals surface area (Å²) in [4.78, 5) is 26.8. The Morgan fingerprint density at radius 2 is 2.26 bits per heavy atom. The zero-order valence-corrected chi connectivity index (χ0v) is 11.6. The number of hydrogen-bond acceptors (Lipinski definition) is 5. The molecule has 1 heterocycles. The number of methoxy groups -OCH3 is 1. The van der Waals surface area contributed by atoms with Gasteiger partial charge in [0.2, 0.25) is 5.88 Å². The molecule has 7 heteroatoms. The third kappa shape index (κ3) is 4.78. The van der Waals surface area contributed by atoms with E-state index < -0.39 is 17.9 Å². The van der Waals surface area contributed by atoms with Crippen LogP contribution in [0.4, 0.5) is 0 Å². The normalized spacial score (nSPS) is 11.7. The Hall–Kier alpha value is -1.76. The summed E-state index contributed by atoms with van der Waals surface area (Å²) in [5.74, 6) is -0.431. The number of thioether (sulfide) groups is 1. The first-order chi connectivity index (χ1) is 9.08. The molecule has 1 rings (SSSR count). The third-order valence-corrected chi connectivity index (χ3v) is 3.07. The fourth-order valence-electron chi connectivity index (χ4n) is 1.37. The van der Waals surface area contributed by atoms with Crippen molar-refractivity contribution >= 4 is 23.6 Å². The standard InChI is InChI=1S/C12H16N2O4S/c1-18-10-4-3-8(7-13-10)11(15)14-9(12(16)17)5-6-19-2/h3-4,7,9H,5-6H2,1-2H3,(H,14,15)(H,16,17)/t9-/m1/s1. The van der Waals surface area contributed by atoms with Crippen LogP contribution in [0.3, 0.4) is 0 Å². The van der Waals surface area contributed by atoms with Gasteiger partial charge < -0.3 is 15.2 Å². The summed E-state index contributed by atoms with van der Waals surface area (Å²) in [6.07, 6.45) is 3.61. The maximum atomic E-state index is 11.9. The highest BCUT2D eigenvalue weighted by Gasteiger charge is 2.20. The van der Waals surface area contributed by atoms with Crippen molar-refractivity contribution in [1.82, 2.24) is 10.3 Å². The highest BCUT2D eigenvalue weighted by molar-refractivity contribution is 7.98. The number of carboxylic acid groups (broad SMARTS) is 1. The van der Waals surface area contributed by atoms with Gasteiger partial charge in [0.1, 0.15) is 6.04 Å². The molecule has 0 aliphatic heterocycles. The lowest BCUT2D eigenvalue weighted by Crippen LogP contribution is -2.41. The van der Waals surface area contributed by atoms with Crippen molar-refractivity contribution in [2.24, 2.45) is 0 Å². The maximum Gasteiger partial charge on any atom is 0.326 e. The first-order valence-corrected chi connectivity index (χ1v) is 7.00. The summed E-state index contributed by atoms with van der Waals surface area (Å²) < 4.78 is 4.88. The minimum Gasteiger partial charge on any atom is -0.481 e. The molecule has 1 amide bonds. The summed E-state index contributed by atoms with van der Waals surface area (Å²) in [5.41, 5.74) is 0.302. The van der Waals surface area contributed by atoms with Gasteiger partial charge >= 0.3 is 5.97 Å². The molecule has 104 valence electrons. The van der Waals surface area contributed by atoms with Gasteiger partial charge in [-0.2, -0.15) is 11.8 Å². The second kappa shape index (κ2) is 7.63. The molecule has 0 spiro atoms. The fourth-order valence-corrected chi connectivity index (χ4v) is 1.84. The van der Waals surface area contributed by atoms with E-state index in [4.69, 9.17) is 9.84 Å². The average molecular weight is 284 g/mol. The van der Waals surface area contributed by atoms with E-state index in [2.05, 4.69) is 10.3 Å². The minimum absolute atomic E-state index is 0.302. The number of pyridine rings is 1. The van der Waals surface area contributed by atoms with Crippen LogP contribution in [0.25, 0.3) is 0 Å². The molecule has 0 fully saturated rings. The van der Waals surface area contributed by atoms with E-state index >= 15 is 0 Å². The molecule has 0 bridgehead atoms. The Balaban J connectivity index is 2.67. The highest BCUT2D eigenvalue weighted by Crippen LogP contribution is 2.08. The van der Waals surface area contributed by atoms with E-state index in [1.54, 1.807) is 6.07 Å². The third-order valence-electron chi connectivity index (χ3n) is 2.42. The van der Waals surface area contributed by atoms with Crippen LogP contribution in [-0.4, -0.2) is 47.1 Å². The molecule has 0 aliphatic carbocycles. The molecule has 0 saturated heterocycles. The summed E-state index contributed by atoms with van der Waals surface area (Å²) in [5, 5.41) is 11.5. The first kappa shape index (κ1) is 15.3. The number of carbonyl (C=O) groups excluding carboxylic acids is 1. The highest BCUT2D eigenvalue weighted by atomic mass is 32.2. The van der Waals surface area contributed by atoms with Crippen molar-refractivity contribution in [2.45, 2.75) is 12.5 Å². The Morgan fingerprint density at radius 3 is 2.74 bits per heavy atom. The molecule has 6 nitrogen and oxygen atoms in total. The zero-order valence-electron chi connectivity index (χ0n) is 10.8. The number of amides is 1. The lowest BCUT2D eigenvalue weighted by Gasteiger charge is -2.13. The molecule has 1 aromatic rings. The van der Waals surface area contributed by atoms with Gasteiger partial charge in [-0.05, 0) is 24.5 Å². The average Bonchev–Trinajstić information content (AvgIpc) is 2.43. The Labute approximate surface area is 115 Å². The van der Waals surface area contributed by atoms with Crippen LogP contribution in [0.5, 0.6) is 5.88 Å². The zero-order chi connectivity index (χ0) is 14.3. The van der Waals surface area contributed by atoms with Crippen LogP contribution in [-0.2, 0) is 4.79 Å². The summed E-state index contributed by atoms with van der Waals surface area (Å²) >= 11 is 1.53. The van der Waals surface area contributed by atoms with Crippen molar-refractivity contribution in [1.29, 1.82) is 0 Å². The molecular weight excluding hydrogens is 268 g/mol. The van der Waals surface area contributed by atoms with Crippen LogP contribution in [0.2, 0.25) is 0 Å². The molecule has 1 atom stereocenters. The number of aliphatic carboxylic acids is 1. The van der Waals surface area contributed by atoms with Gasteiger partial charge in [0, 0.05) is 12.3 Å². The predicted octanol–water partition coefficient (Wildman–Crippen LogP) is 1.03. The molecule has 0 saturated carbocycles. The van der Waals surface area contributed by atoms with E-state index in [1.807, 2.05) is 6.26 Å². The van der Waals surface area contributed by atoms with Crippen molar-refractivity contribution in [3.63, 3.8) is 0 Å². The lowest BCUT2D eigenvalue weighted by molar-refractivity contribution is -0.139. The summed E-state index contributed by atoms with van der Waals surface area (Å²) in [7, 11) is 1.48. The Bertz CT molecular complexity index is 436. The van der Waals surface area contributed by atoms with Gasteiger partial charge in [-0.25, -0.2) is 9.78 Å². The van der Waals surface area contributed by atoms with E-state index in [0.717, 1.165) is 0 Å². The Kier molecular flexibility index (Phi) is 6.14. The molecule has 0 unspecified atom stereocenters. The molecule has 2 N–H and O–H groups in total. The maximum absolute atomic E-state index is 11.9. The summed E-state index contributed by atoms with van der Waals surface area (Å²) in [6, 6.07) is 2.20. The molecule has 0 aliphatic rings. The van der Waals surface area contributed by atoms with Crippen LogP contribution in [0.15, 0.2) is 18.3 Å². The van der Waals surface area contributed by atoms with Gasteiger partial charge in [0.05, 0.1) is 12.7 Å². The predicted molar refractivity (Wildman–Crippen MR) is 72.7 cm³/mol. The number of nitrogens with zero attached hydrogens (tertiary/aromatic N) is 1. The molecule has 0 radical (unpaired) electrons. The minimum atomic E-state index is -1.04. The van der Waals surface area contributed by atoms with E-state index in [-0.39, 0.29) is 0 Å². The SMILES string of the molecule is COc1ccc(C(=O)N[C@H](CCSC)C(=O)O)cn1. The van der Waals surface area contributed by atoms with E-state index in [1.165, 1.54) is 31.1 Å². The lowest BCUT2D eigenvalue weighted by atomic mass is 10.2. The van der Waals surface area contributed by atoms with Gasteiger partial charge in [-0.3, -0.25) is 4.79 Å². The quantitative estimate of drug-likeness (QED) is 0.777. The molecule has 0 aromatic carbocycles. The van der Waals surface area contributed by atoms with Crippen LogP contribution in [0.1, 0.15) is 16.8 Å². The van der Waals surface area contributed by atoms with Crippen molar-refractivity contribution in [3.8, 4) is 5.88 Å². The van der Waals surface area contributed by atoms with Gasteiger partial charge in [0.25, 0.3) is 5.91 Å². The molecular formula is C12H16N2O4S. The van der Waals surface area contributed by atoms with Crippen LogP contribution >= 0.6 is 11.8 Å². The van der Waals surface area contributed by atoms with Crippen LogP contribution in [0, 0.1) is 0 Å². The second-order valence-corrected chi connectivity index (χ2v) is 4.72. The smallest absolute Gasteiger partial charge is 0.326 e. The second-order valence-electron chi connectivity index (χ2n) is 3.73. The summed E-state index contributed by atoms with van der Waals surface area (Å²) in [6.45, 7) is 0. The topological polar surface area (TPSA) is 88.5 Å². The van der Waals surface area contributed by atoms with Crippen molar-refractivity contribution in [3.05, 3.63) is 23.9 Å². The molecule has 19 heavy (non-hydrogen) atoms. The van der Waals surface area contributed by atoms with E-state index in [9.17, 15) is 9.59 Å². The number of hydrogen-bond donors (Lipinski definition) is 2. The van der Waals surface area contributed by atoms with Gasteiger partial charge in [-0.15, -0.1) is 0 Å². The number of nitrogens with one attached hydrogen (secondary N) is 1. The number of carboxylic acids is 1. The number of aromatic nitrogens is 1. The van der Waals surface area contributed by atoms with Gasteiger partial charge in [-0.1, -0.05) is 0 Å². The monoisotopic (exact) mass is 284 g/mol. The Morgan fingerprint density at radius 1 is 1.53 bits per heavy atom. The number of carbonyl (C=O) groups is 2. The van der Waals surface area contributed by atoms with Gasteiger partial charge in [0.15, 0.2) is 0 Å². The van der Waals surface area contributed by atoms with Crippen molar-refractivity contribution in [2.75, 3.05) is 19.1 Å². The number of rotatable bonds is 7. The number of ether oxygens (including phenoxy) is 1. The fraction of sp³-hybridized carbons (Fsp3) is 0.417. The molecule has 1 aromatic heterocycles. The first-order valence-electron chi connectivity index (χ1n) is 5.61. The van der Waals surface area contributed by atoms with E-state index in [0.29, 0.717) is 23.6 Å². The van der Waals surface area contributed by atoms with Crippen molar-refractivity contribution < 1.29 is 19.4 Å².